The lowest BCUT2D eigenvalue weighted by Crippen LogP contribution is -2.39. The summed E-state index contributed by atoms with van der Waals surface area (Å²) in [6.45, 7) is 3.76. The molecule has 0 aliphatic carbocycles. The second-order valence-corrected chi connectivity index (χ2v) is 6.43. The Morgan fingerprint density at radius 1 is 1.15 bits per heavy atom. The first kappa shape index (κ1) is 19.8. The average molecular weight is 357 g/mol. The first-order valence-corrected chi connectivity index (χ1v) is 8.59. The number of nitrogens with zero attached hydrogens (tertiary/aromatic N) is 1. The van der Waals surface area contributed by atoms with E-state index in [-0.39, 0.29) is 18.4 Å². The number of likely N-dealkylation sites (N-methyl/N-ethyl adjacent to an activating group) is 1. The third-order valence-electron chi connectivity index (χ3n) is 4.68. The van der Waals surface area contributed by atoms with E-state index in [0.717, 1.165) is 16.7 Å². The molecule has 2 atom stereocenters. The van der Waals surface area contributed by atoms with Gasteiger partial charge in [-0.25, -0.2) is 0 Å². The largest absolute Gasteiger partial charge is 0.493 e. The van der Waals surface area contributed by atoms with Crippen molar-refractivity contribution in [2.75, 3.05) is 21.3 Å². The molecular weight excluding hydrogens is 330 g/mol. The minimum Gasteiger partial charge on any atom is -0.493 e. The predicted octanol–water partition coefficient (Wildman–Crippen LogP) is 3.14. The van der Waals surface area contributed by atoms with Crippen LogP contribution in [0.1, 0.15) is 29.7 Å². The molecule has 0 fully saturated rings. The van der Waals surface area contributed by atoms with E-state index in [1.165, 1.54) is 0 Å². The van der Waals surface area contributed by atoms with Crippen LogP contribution in [0.15, 0.2) is 42.5 Å². The summed E-state index contributed by atoms with van der Waals surface area (Å²) >= 11 is 0. The highest BCUT2D eigenvalue weighted by atomic mass is 16.5. The first-order chi connectivity index (χ1) is 12.4. The van der Waals surface area contributed by atoms with Gasteiger partial charge in [0.05, 0.1) is 32.8 Å². The molecule has 0 aromatic heterocycles. The van der Waals surface area contributed by atoms with Crippen molar-refractivity contribution in [3.05, 3.63) is 59.2 Å². The van der Waals surface area contributed by atoms with Gasteiger partial charge in [0.25, 0.3) is 0 Å². The smallest absolute Gasteiger partial charge is 0.227 e. The van der Waals surface area contributed by atoms with Crippen LogP contribution in [0, 0.1) is 6.92 Å². The quantitative estimate of drug-likeness (QED) is 0.827. The standard InChI is InChI=1S/C21H27NO4/c1-14-11-16(12-18(25-4)21(14)26-5)13-19(23)22(3)15(2)20(24)17-9-7-6-8-10-17/h6-12,15,20,24H,13H2,1-5H3/t15-,20+/m0/s1. The lowest BCUT2D eigenvalue weighted by atomic mass is 10.0. The summed E-state index contributed by atoms with van der Waals surface area (Å²) in [7, 11) is 4.89. The molecule has 0 aliphatic heterocycles. The van der Waals surface area contributed by atoms with Gasteiger partial charge < -0.3 is 19.5 Å². The van der Waals surface area contributed by atoms with Crippen molar-refractivity contribution in [3.8, 4) is 11.5 Å². The van der Waals surface area contributed by atoms with Crippen LogP contribution in [-0.2, 0) is 11.2 Å². The Hall–Kier alpha value is -2.53. The van der Waals surface area contributed by atoms with Gasteiger partial charge in [0.15, 0.2) is 11.5 Å². The van der Waals surface area contributed by atoms with Gasteiger partial charge in [0.1, 0.15) is 0 Å². The van der Waals surface area contributed by atoms with Crippen molar-refractivity contribution in [2.24, 2.45) is 0 Å². The van der Waals surface area contributed by atoms with Gasteiger partial charge in [-0.15, -0.1) is 0 Å². The molecule has 0 unspecified atom stereocenters. The molecule has 0 aliphatic rings. The minimum atomic E-state index is -0.739. The minimum absolute atomic E-state index is 0.0703. The van der Waals surface area contributed by atoms with Crippen LogP contribution in [0.3, 0.4) is 0 Å². The maximum Gasteiger partial charge on any atom is 0.227 e. The number of benzene rings is 2. The van der Waals surface area contributed by atoms with Crippen molar-refractivity contribution in [3.63, 3.8) is 0 Å². The molecule has 1 amide bonds. The highest BCUT2D eigenvalue weighted by Crippen LogP contribution is 2.32. The number of rotatable bonds is 7. The lowest BCUT2D eigenvalue weighted by Gasteiger charge is -2.29. The zero-order valence-corrected chi connectivity index (χ0v) is 16.0. The molecule has 2 aromatic rings. The van der Waals surface area contributed by atoms with Crippen molar-refractivity contribution < 1.29 is 19.4 Å². The summed E-state index contributed by atoms with van der Waals surface area (Å²) in [5, 5.41) is 10.5. The van der Waals surface area contributed by atoms with Gasteiger partial charge in [-0.05, 0) is 36.6 Å². The van der Waals surface area contributed by atoms with Crippen molar-refractivity contribution in [2.45, 2.75) is 32.4 Å². The summed E-state index contributed by atoms with van der Waals surface area (Å²) in [6.07, 6.45) is -0.513. The number of methoxy groups -OCH3 is 2. The monoisotopic (exact) mass is 357 g/mol. The lowest BCUT2D eigenvalue weighted by molar-refractivity contribution is -0.133. The summed E-state index contributed by atoms with van der Waals surface area (Å²) in [6, 6.07) is 12.8. The third-order valence-corrected chi connectivity index (χ3v) is 4.68. The summed E-state index contributed by atoms with van der Waals surface area (Å²) in [4.78, 5) is 14.3. The number of amides is 1. The Bertz CT molecular complexity index is 745. The van der Waals surface area contributed by atoms with E-state index >= 15 is 0 Å². The van der Waals surface area contributed by atoms with Crippen LogP contribution in [0.2, 0.25) is 0 Å². The highest BCUT2D eigenvalue weighted by Gasteiger charge is 2.24. The number of carbonyl (C=O) groups is 1. The average Bonchev–Trinajstić information content (AvgIpc) is 2.66. The van der Waals surface area contributed by atoms with Crippen molar-refractivity contribution in [1.29, 1.82) is 0 Å². The van der Waals surface area contributed by atoms with E-state index < -0.39 is 6.10 Å². The van der Waals surface area contributed by atoms with Crippen LogP contribution >= 0.6 is 0 Å². The number of hydrogen-bond acceptors (Lipinski definition) is 4. The normalized spacial score (nSPS) is 13.0. The molecule has 1 N–H and O–H groups in total. The van der Waals surface area contributed by atoms with E-state index in [4.69, 9.17) is 9.47 Å². The van der Waals surface area contributed by atoms with Gasteiger partial charge >= 0.3 is 0 Å². The fraction of sp³-hybridized carbons (Fsp3) is 0.381. The molecule has 26 heavy (non-hydrogen) atoms. The molecule has 140 valence electrons. The Morgan fingerprint density at radius 3 is 2.38 bits per heavy atom. The van der Waals surface area contributed by atoms with E-state index in [0.29, 0.717) is 11.5 Å². The molecule has 0 saturated heterocycles. The number of ether oxygens (including phenoxy) is 2. The van der Waals surface area contributed by atoms with Crippen LogP contribution in [-0.4, -0.2) is 43.2 Å². The number of carbonyl (C=O) groups excluding carboxylic acids is 1. The second-order valence-electron chi connectivity index (χ2n) is 6.43. The fourth-order valence-electron chi connectivity index (χ4n) is 3.00. The van der Waals surface area contributed by atoms with E-state index in [9.17, 15) is 9.90 Å². The van der Waals surface area contributed by atoms with Crippen LogP contribution in [0.25, 0.3) is 0 Å². The molecule has 2 rings (SSSR count). The Labute approximate surface area is 155 Å². The molecule has 5 nitrogen and oxygen atoms in total. The Balaban J connectivity index is 2.12. The van der Waals surface area contributed by atoms with Gasteiger partial charge in [-0.1, -0.05) is 36.4 Å². The maximum absolute atomic E-state index is 12.7. The topological polar surface area (TPSA) is 59.0 Å². The zero-order chi connectivity index (χ0) is 19.3. The molecular formula is C21H27NO4. The van der Waals surface area contributed by atoms with Gasteiger partial charge in [-0.2, -0.15) is 0 Å². The molecule has 0 bridgehead atoms. The zero-order valence-electron chi connectivity index (χ0n) is 16.0. The van der Waals surface area contributed by atoms with Crippen LogP contribution < -0.4 is 9.47 Å². The Kier molecular flexibility index (Phi) is 6.64. The summed E-state index contributed by atoms with van der Waals surface area (Å²) in [5.41, 5.74) is 2.55. The van der Waals surface area contributed by atoms with Crippen molar-refractivity contribution >= 4 is 5.91 Å². The SMILES string of the molecule is COc1cc(CC(=O)N(C)[C@@H](C)[C@@H](O)c2ccccc2)cc(C)c1OC. The predicted molar refractivity (Wildman–Crippen MR) is 102 cm³/mol. The molecule has 5 heteroatoms. The molecule has 0 spiro atoms. The third kappa shape index (κ3) is 4.35. The summed E-state index contributed by atoms with van der Waals surface area (Å²) < 4.78 is 10.7. The first-order valence-electron chi connectivity index (χ1n) is 8.59. The highest BCUT2D eigenvalue weighted by molar-refractivity contribution is 5.79. The second kappa shape index (κ2) is 8.72. The van der Waals surface area contributed by atoms with Gasteiger partial charge in [0, 0.05) is 7.05 Å². The van der Waals surface area contributed by atoms with E-state index in [2.05, 4.69) is 0 Å². The van der Waals surface area contributed by atoms with Crippen LogP contribution in [0.5, 0.6) is 11.5 Å². The molecule has 0 saturated carbocycles. The maximum atomic E-state index is 12.7. The van der Waals surface area contributed by atoms with Crippen LogP contribution in [0.4, 0.5) is 0 Å². The van der Waals surface area contributed by atoms with Gasteiger partial charge in [0.2, 0.25) is 5.91 Å². The fourth-order valence-corrected chi connectivity index (χ4v) is 3.00. The summed E-state index contributed by atoms with van der Waals surface area (Å²) in [5.74, 6) is 1.21. The van der Waals surface area contributed by atoms with Gasteiger partial charge in [-0.3, -0.25) is 4.79 Å². The molecule has 2 aromatic carbocycles. The van der Waals surface area contributed by atoms with E-state index in [1.807, 2.05) is 56.3 Å². The van der Waals surface area contributed by atoms with Crippen molar-refractivity contribution in [1.82, 2.24) is 4.90 Å². The number of aliphatic hydroxyl groups excluding tert-OH is 1. The molecule has 0 heterocycles. The Morgan fingerprint density at radius 2 is 1.81 bits per heavy atom. The number of aliphatic hydroxyl groups is 1. The van der Waals surface area contributed by atoms with E-state index in [1.54, 1.807) is 26.2 Å². The number of hydrogen-bond donors (Lipinski definition) is 1. The molecule has 0 radical (unpaired) electrons. The number of aryl methyl sites for hydroxylation is 1.